The van der Waals surface area contributed by atoms with Crippen LogP contribution in [0.1, 0.15) is 23.4 Å². The highest BCUT2D eigenvalue weighted by Crippen LogP contribution is 2.26. The lowest BCUT2D eigenvalue weighted by Crippen LogP contribution is -2.16. The van der Waals surface area contributed by atoms with Crippen molar-refractivity contribution >= 4 is 27.3 Å². The highest BCUT2D eigenvalue weighted by atomic mass is 79.9. The van der Waals surface area contributed by atoms with Gasteiger partial charge in [-0.3, -0.25) is 0 Å². The van der Waals surface area contributed by atoms with Crippen molar-refractivity contribution in [2.75, 3.05) is 0 Å². The highest BCUT2D eigenvalue weighted by Gasteiger charge is 2.20. The largest absolute Gasteiger partial charge is 0.486 e. The maximum atomic E-state index is 5.88. The van der Waals surface area contributed by atoms with E-state index in [4.69, 9.17) is 4.74 Å². The first-order chi connectivity index (χ1) is 9.31. The number of hydrogen-bond acceptors (Lipinski definition) is 4. The maximum Gasteiger partial charge on any atom is 0.140 e. The summed E-state index contributed by atoms with van der Waals surface area (Å²) in [6.07, 6.45) is 4.40. The van der Waals surface area contributed by atoms with E-state index in [-0.39, 0.29) is 0 Å². The second-order valence-electron chi connectivity index (χ2n) is 4.62. The van der Waals surface area contributed by atoms with E-state index >= 15 is 0 Å². The molecular weight excluding hydrogens is 324 g/mol. The summed E-state index contributed by atoms with van der Waals surface area (Å²) in [5.74, 6) is 0.937. The average Bonchev–Trinajstić information content (AvgIpc) is 3.10. The first-order valence-corrected chi connectivity index (χ1v) is 8.01. The minimum atomic E-state index is 0.537. The molecule has 1 aromatic heterocycles. The lowest BCUT2D eigenvalue weighted by molar-refractivity contribution is 0.301. The van der Waals surface area contributed by atoms with Gasteiger partial charge in [0.1, 0.15) is 17.4 Å². The molecule has 100 valence electrons. The third kappa shape index (κ3) is 3.78. The standard InChI is InChI=1S/C14H15BrN2OS/c15-11-1-4-13(18-9-14-16-5-6-19-14)10(7-11)8-17-12-2-3-12/h1,4-7,12,17H,2-3,8-9H2. The molecule has 0 bridgehead atoms. The van der Waals surface area contributed by atoms with E-state index in [0.29, 0.717) is 12.6 Å². The number of thiazole rings is 1. The summed E-state index contributed by atoms with van der Waals surface area (Å²) in [5, 5.41) is 6.49. The van der Waals surface area contributed by atoms with Gasteiger partial charge >= 0.3 is 0 Å². The van der Waals surface area contributed by atoms with Crippen LogP contribution < -0.4 is 10.1 Å². The van der Waals surface area contributed by atoms with Gasteiger partial charge in [-0.1, -0.05) is 15.9 Å². The Bertz CT molecular complexity index is 540. The Morgan fingerprint density at radius 3 is 3.05 bits per heavy atom. The molecule has 1 aliphatic carbocycles. The zero-order chi connectivity index (χ0) is 13.1. The molecule has 1 aliphatic rings. The molecule has 19 heavy (non-hydrogen) atoms. The van der Waals surface area contributed by atoms with E-state index in [9.17, 15) is 0 Å². The van der Waals surface area contributed by atoms with E-state index in [1.165, 1.54) is 18.4 Å². The number of nitrogens with one attached hydrogen (secondary N) is 1. The number of hydrogen-bond donors (Lipinski definition) is 1. The zero-order valence-electron chi connectivity index (χ0n) is 10.4. The van der Waals surface area contributed by atoms with Crippen LogP contribution in [0.4, 0.5) is 0 Å². The summed E-state index contributed by atoms with van der Waals surface area (Å²) in [4.78, 5) is 4.23. The third-order valence-corrected chi connectivity index (χ3v) is 4.26. The van der Waals surface area contributed by atoms with Crippen LogP contribution in [0, 0.1) is 0 Å². The summed E-state index contributed by atoms with van der Waals surface area (Å²) >= 11 is 5.13. The van der Waals surface area contributed by atoms with Crippen LogP contribution in [0.2, 0.25) is 0 Å². The number of halogens is 1. The lowest BCUT2D eigenvalue weighted by Gasteiger charge is -2.11. The fraction of sp³-hybridized carbons (Fsp3) is 0.357. The van der Waals surface area contributed by atoms with Crippen LogP contribution >= 0.6 is 27.3 Å². The van der Waals surface area contributed by atoms with Crippen LogP contribution in [-0.2, 0) is 13.2 Å². The fourth-order valence-corrected chi connectivity index (χ4v) is 2.77. The van der Waals surface area contributed by atoms with Crippen molar-refractivity contribution < 1.29 is 4.74 Å². The molecule has 0 aliphatic heterocycles. The van der Waals surface area contributed by atoms with E-state index in [1.54, 1.807) is 17.5 Å². The summed E-state index contributed by atoms with van der Waals surface area (Å²) in [6.45, 7) is 1.40. The molecule has 1 saturated carbocycles. The van der Waals surface area contributed by atoms with Gasteiger partial charge in [0.05, 0.1) is 0 Å². The topological polar surface area (TPSA) is 34.1 Å². The molecule has 0 amide bonds. The summed E-state index contributed by atoms with van der Waals surface area (Å²) in [5.41, 5.74) is 1.19. The molecule has 0 unspecified atom stereocenters. The smallest absolute Gasteiger partial charge is 0.140 e. The van der Waals surface area contributed by atoms with E-state index in [2.05, 4.69) is 32.3 Å². The molecule has 1 N–H and O–H groups in total. The van der Waals surface area contributed by atoms with Crippen LogP contribution in [0.5, 0.6) is 5.75 Å². The first kappa shape index (κ1) is 13.1. The molecule has 3 nitrogen and oxygen atoms in total. The van der Waals surface area contributed by atoms with Gasteiger partial charge in [0.15, 0.2) is 0 Å². The van der Waals surface area contributed by atoms with Gasteiger partial charge in [0, 0.05) is 34.2 Å². The molecule has 0 radical (unpaired) electrons. The predicted octanol–water partition coefficient (Wildman–Crippen LogP) is 3.74. The van der Waals surface area contributed by atoms with Crippen molar-refractivity contribution in [3.05, 3.63) is 44.8 Å². The normalized spacial score (nSPS) is 14.6. The van der Waals surface area contributed by atoms with Gasteiger partial charge in [-0.15, -0.1) is 11.3 Å². The fourth-order valence-electron chi connectivity index (χ4n) is 1.83. The molecule has 3 rings (SSSR count). The van der Waals surface area contributed by atoms with Crippen LogP contribution in [-0.4, -0.2) is 11.0 Å². The molecule has 0 spiro atoms. The van der Waals surface area contributed by atoms with Gasteiger partial charge in [0.25, 0.3) is 0 Å². The minimum Gasteiger partial charge on any atom is -0.486 e. The van der Waals surface area contributed by atoms with Crippen molar-refractivity contribution in [1.82, 2.24) is 10.3 Å². The molecule has 0 saturated heterocycles. The Balaban J connectivity index is 1.67. The van der Waals surface area contributed by atoms with E-state index in [0.717, 1.165) is 21.8 Å². The van der Waals surface area contributed by atoms with Gasteiger partial charge in [-0.2, -0.15) is 0 Å². The van der Waals surface area contributed by atoms with Gasteiger partial charge < -0.3 is 10.1 Å². The number of aromatic nitrogens is 1. The first-order valence-electron chi connectivity index (χ1n) is 6.34. The van der Waals surface area contributed by atoms with Gasteiger partial charge in [-0.05, 0) is 31.0 Å². The van der Waals surface area contributed by atoms with Crippen molar-refractivity contribution in [2.24, 2.45) is 0 Å². The Kier molecular flexibility index (Phi) is 4.15. The van der Waals surface area contributed by atoms with Crippen LogP contribution in [0.3, 0.4) is 0 Å². The Morgan fingerprint density at radius 1 is 1.42 bits per heavy atom. The number of nitrogens with zero attached hydrogens (tertiary/aromatic N) is 1. The number of ether oxygens (including phenoxy) is 1. The van der Waals surface area contributed by atoms with E-state index in [1.807, 2.05) is 17.5 Å². The molecule has 1 fully saturated rings. The zero-order valence-corrected chi connectivity index (χ0v) is 12.8. The summed E-state index contributed by atoms with van der Waals surface area (Å²) < 4.78 is 6.96. The number of rotatable bonds is 6. The Morgan fingerprint density at radius 2 is 2.32 bits per heavy atom. The monoisotopic (exact) mass is 338 g/mol. The quantitative estimate of drug-likeness (QED) is 0.871. The van der Waals surface area contributed by atoms with Crippen LogP contribution in [0.15, 0.2) is 34.2 Å². The molecule has 5 heteroatoms. The molecule has 1 aromatic carbocycles. The lowest BCUT2D eigenvalue weighted by atomic mass is 10.2. The van der Waals surface area contributed by atoms with Crippen molar-refractivity contribution in [3.8, 4) is 5.75 Å². The van der Waals surface area contributed by atoms with Crippen molar-refractivity contribution in [2.45, 2.75) is 32.0 Å². The van der Waals surface area contributed by atoms with E-state index < -0.39 is 0 Å². The summed E-state index contributed by atoms with van der Waals surface area (Å²) in [7, 11) is 0. The third-order valence-electron chi connectivity index (χ3n) is 3.02. The van der Waals surface area contributed by atoms with Crippen molar-refractivity contribution in [3.63, 3.8) is 0 Å². The SMILES string of the molecule is Brc1ccc(OCc2nccs2)c(CNC2CC2)c1. The Hall–Kier alpha value is -0.910. The second-order valence-corrected chi connectivity index (χ2v) is 6.52. The summed E-state index contributed by atoms with van der Waals surface area (Å²) in [6, 6.07) is 6.84. The predicted molar refractivity (Wildman–Crippen MR) is 80.4 cm³/mol. The molecule has 2 aromatic rings. The number of benzene rings is 1. The van der Waals surface area contributed by atoms with Crippen molar-refractivity contribution in [1.29, 1.82) is 0 Å². The molecular formula is C14H15BrN2OS. The van der Waals surface area contributed by atoms with Crippen LogP contribution in [0.25, 0.3) is 0 Å². The average molecular weight is 339 g/mol. The minimum absolute atomic E-state index is 0.537. The molecule has 1 heterocycles. The Labute approximate surface area is 125 Å². The van der Waals surface area contributed by atoms with Gasteiger partial charge in [0.2, 0.25) is 0 Å². The van der Waals surface area contributed by atoms with Gasteiger partial charge in [-0.25, -0.2) is 4.98 Å². The molecule has 0 atom stereocenters. The maximum absolute atomic E-state index is 5.88. The second kappa shape index (κ2) is 6.03. The highest BCUT2D eigenvalue weighted by molar-refractivity contribution is 9.10.